The highest BCUT2D eigenvalue weighted by Gasteiger charge is 2.18. The number of rotatable bonds is 2. The second-order valence-corrected chi connectivity index (χ2v) is 4.46. The van der Waals surface area contributed by atoms with E-state index in [0.29, 0.717) is 5.92 Å². The highest BCUT2D eigenvalue weighted by Crippen LogP contribution is 2.23. The molecule has 0 saturated carbocycles. The van der Waals surface area contributed by atoms with E-state index in [4.69, 9.17) is 0 Å². The van der Waals surface area contributed by atoms with Crippen LogP contribution in [0.4, 0.5) is 0 Å². The second kappa shape index (κ2) is 4.67. The van der Waals surface area contributed by atoms with Crippen LogP contribution in [-0.4, -0.2) is 28.0 Å². The van der Waals surface area contributed by atoms with Crippen molar-refractivity contribution in [3.8, 4) is 11.3 Å². The lowest BCUT2D eigenvalue weighted by Crippen LogP contribution is -2.28. The van der Waals surface area contributed by atoms with E-state index in [1.54, 1.807) is 12.4 Å². The van der Waals surface area contributed by atoms with Crippen molar-refractivity contribution in [1.82, 2.24) is 20.3 Å². The number of piperidine rings is 1. The molecule has 1 fully saturated rings. The zero-order chi connectivity index (χ0) is 11.5. The quantitative estimate of drug-likeness (QED) is 0.826. The molecule has 1 unspecified atom stereocenters. The summed E-state index contributed by atoms with van der Waals surface area (Å²) in [5, 5.41) is 3.41. The Hall–Kier alpha value is -1.68. The van der Waals surface area contributed by atoms with Crippen molar-refractivity contribution in [1.29, 1.82) is 0 Å². The van der Waals surface area contributed by atoms with Crippen LogP contribution in [0.3, 0.4) is 0 Å². The van der Waals surface area contributed by atoms with Crippen molar-refractivity contribution in [3.63, 3.8) is 0 Å². The molecule has 1 aliphatic rings. The van der Waals surface area contributed by atoms with Gasteiger partial charge < -0.3 is 10.3 Å². The van der Waals surface area contributed by atoms with Crippen LogP contribution in [-0.2, 0) is 0 Å². The predicted molar refractivity (Wildman–Crippen MR) is 66.7 cm³/mol. The van der Waals surface area contributed by atoms with Gasteiger partial charge in [0.15, 0.2) is 0 Å². The molecule has 0 spiro atoms. The van der Waals surface area contributed by atoms with Crippen molar-refractivity contribution < 1.29 is 0 Å². The summed E-state index contributed by atoms with van der Waals surface area (Å²) < 4.78 is 0. The molecule has 1 aliphatic heterocycles. The fourth-order valence-electron chi connectivity index (χ4n) is 2.31. The van der Waals surface area contributed by atoms with Gasteiger partial charge in [0.2, 0.25) is 0 Å². The van der Waals surface area contributed by atoms with Gasteiger partial charge in [-0.25, -0.2) is 4.98 Å². The fourth-order valence-corrected chi connectivity index (χ4v) is 2.31. The number of aromatic nitrogens is 3. The van der Waals surface area contributed by atoms with E-state index >= 15 is 0 Å². The Labute approximate surface area is 101 Å². The molecule has 0 amide bonds. The summed E-state index contributed by atoms with van der Waals surface area (Å²) in [6, 6.07) is 3.99. The lowest BCUT2D eigenvalue weighted by atomic mass is 9.99. The molecule has 2 N–H and O–H groups in total. The van der Waals surface area contributed by atoms with Gasteiger partial charge in [0.05, 0.1) is 11.9 Å². The largest absolute Gasteiger partial charge is 0.342 e. The SMILES string of the molecule is c1cc(-c2cnc(C3CCCNC3)[nH]2)ccn1. The molecule has 3 rings (SSSR count). The van der Waals surface area contributed by atoms with E-state index in [0.717, 1.165) is 30.2 Å². The molecule has 0 bridgehead atoms. The molecule has 4 nitrogen and oxygen atoms in total. The summed E-state index contributed by atoms with van der Waals surface area (Å²) >= 11 is 0. The molecule has 3 heterocycles. The van der Waals surface area contributed by atoms with Crippen molar-refractivity contribution in [2.75, 3.05) is 13.1 Å². The summed E-state index contributed by atoms with van der Waals surface area (Å²) in [5.74, 6) is 1.63. The van der Waals surface area contributed by atoms with Gasteiger partial charge in [-0.05, 0) is 31.5 Å². The van der Waals surface area contributed by atoms with Crippen LogP contribution in [0.1, 0.15) is 24.6 Å². The summed E-state index contributed by atoms with van der Waals surface area (Å²) in [6.45, 7) is 2.16. The topological polar surface area (TPSA) is 53.6 Å². The van der Waals surface area contributed by atoms with Gasteiger partial charge in [0.1, 0.15) is 5.82 Å². The third-order valence-corrected chi connectivity index (χ3v) is 3.27. The third kappa shape index (κ3) is 2.22. The van der Waals surface area contributed by atoms with Crippen LogP contribution in [0.25, 0.3) is 11.3 Å². The van der Waals surface area contributed by atoms with E-state index in [2.05, 4.69) is 20.3 Å². The number of aromatic amines is 1. The molecule has 0 aromatic carbocycles. The Bertz CT molecular complexity index is 471. The maximum atomic E-state index is 4.50. The minimum Gasteiger partial charge on any atom is -0.342 e. The number of H-pyrrole nitrogens is 1. The molecule has 1 saturated heterocycles. The van der Waals surface area contributed by atoms with E-state index in [1.807, 2.05) is 18.3 Å². The number of nitrogens with one attached hydrogen (secondary N) is 2. The highest BCUT2D eigenvalue weighted by molar-refractivity contribution is 5.57. The van der Waals surface area contributed by atoms with Gasteiger partial charge in [-0.15, -0.1) is 0 Å². The molecular weight excluding hydrogens is 212 g/mol. The first-order chi connectivity index (χ1) is 8.43. The zero-order valence-corrected chi connectivity index (χ0v) is 9.69. The number of hydrogen-bond acceptors (Lipinski definition) is 3. The number of hydrogen-bond donors (Lipinski definition) is 2. The number of nitrogens with zero attached hydrogens (tertiary/aromatic N) is 2. The first-order valence-corrected chi connectivity index (χ1v) is 6.09. The van der Waals surface area contributed by atoms with Gasteiger partial charge in [0, 0.05) is 30.4 Å². The molecule has 0 aliphatic carbocycles. The third-order valence-electron chi connectivity index (χ3n) is 3.27. The summed E-state index contributed by atoms with van der Waals surface area (Å²) in [7, 11) is 0. The number of pyridine rings is 1. The van der Waals surface area contributed by atoms with Gasteiger partial charge in [-0.2, -0.15) is 0 Å². The van der Waals surface area contributed by atoms with Gasteiger partial charge in [0.25, 0.3) is 0 Å². The maximum Gasteiger partial charge on any atom is 0.110 e. The van der Waals surface area contributed by atoms with Crippen LogP contribution >= 0.6 is 0 Å². The van der Waals surface area contributed by atoms with Crippen molar-refractivity contribution in [2.45, 2.75) is 18.8 Å². The Morgan fingerprint density at radius 2 is 2.12 bits per heavy atom. The van der Waals surface area contributed by atoms with E-state index in [1.165, 1.54) is 12.8 Å². The Morgan fingerprint density at radius 3 is 2.88 bits per heavy atom. The van der Waals surface area contributed by atoms with Crippen LogP contribution in [0, 0.1) is 0 Å². The summed E-state index contributed by atoms with van der Waals surface area (Å²) in [5.41, 5.74) is 2.22. The standard InChI is InChI=1S/C13H16N4/c1-2-11(8-15-5-1)13-16-9-12(17-13)10-3-6-14-7-4-10/h3-4,6-7,9,11,15H,1-2,5,8H2,(H,16,17). The Morgan fingerprint density at radius 1 is 1.24 bits per heavy atom. The van der Waals surface area contributed by atoms with Crippen molar-refractivity contribution in [2.24, 2.45) is 0 Å². The monoisotopic (exact) mass is 228 g/mol. The Balaban J connectivity index is 1.83. The molecule has 1 atom stereocenters. The van der Waals surface area contributed by atoms with Crippen LogP contribution in [0.15, 0.2) is 30.7 Å². The zero-order valence-electron chi connectivity index (χ0n) is 9.69. The average Bonchev–Trinajstić information content (AvgIpc) is 2.90. The minimum absolute atomic E-state index is 0.527. The Kier molecular flexibility index (Phi) is 2.88. The van der Waals surface area contributed by atoms with Crippen LogP contribution in [0.5, 0.6) is 0 Å². The van der Waals surface area contributed by atoms with Crippen LogP contribution in [0.2, 0.25) is 0 Å². The van der Waals surface area contributed by atoms with Gasteiger partial charge >= 0.3 is 0 Å². The van der Waals surface area contributed by atoms with Gasteiger partial charge in [-0.1, -0.05) is 0 Å². The van der Waals surface area contributed by atoms with Crippen LogP contribution < -0.4 is 5.32 Å². The van der Waals surface area contributed by atoms with Crippen molar-refractivity contribution in [3.05, 3.63) is 36.5 Å². The minimum atomic E-state index is 0.527. The molecule has 2 aromatic heterocycles. The first-order valence-electron chi connectivity index (χ1n) is 6.09. The fraction of sp³-hybridized carbons (Fsp3) is 0.385. The molecular formula is C13H16N4. The lowest BCUT2D eigenvalue weighted by molar-refractivity contribution is 0.449. The van der Waals surface area contributed by atoms with E-state index in [9.17, 15) is 0 Å². The molecule has 17 heavy (non-hydrogen) atoms. The predicted octanol–water partition coefficient (Wildman–Crippen LogP) is 1.94. The molecule has 0 radical (unpaired) electrons. The maximum absolute atomic E-state index is 4.50. The van der Waals surface area contributed by atoms with E-state index in [-0.39, 0.29) is 0 Å². The molecule has 4 heteroatoms. The van der Waals surface area contributed by atoms with Crippen molar-refractivity contribution >= 4 is 0 Å². The summed E-state index contributed by atoms with van der Waals surface area (Å²) in [6.07, 6.45) is 7.97. The highest BCUT2D eigenvalue weighted by atomic mass is 15.0. The first kappa shape index (κ1) is 10.5. The lowest BCUT2D eigenvalue weighted by Gasteiger charge is -2.20. The molecule has 88 valence electrons. The van der Waals surface area contributed by atoms with E-state index < -0.39 is 0 Å². The molecule has 2 aromatic rings. The van der Waals surface area contributed by atoms with Gasteiger partial charge in [-0.3, -0.25) is 4.98 Å². The summed E-state index contributed by atoms with van der Waals surface area (Å²) in [4.78, 5) is 11.9. The number of imidazole rings is 1. The normalized spacial score (nSPS) is 20.4. The smallest absolute Gasteiger partial charge is 0.110 e. The average molecular weight is 228 g/mol. The second-order valence-electron chi connectivity index (χ2n) is 4.46.